The number of ether oxygens (including phenoxy) is 4. The average Bonchev–Trinajstić information content (AvgIpc) is 2.44. The molecule has 0 N–H and O–H groups in total. The largest absolute Gasteiger partial charge is 0.475 e. The van der Waals surface area contributed by atoms with Gasteiger partial charge in [0, 0.05) is 14.2 Å². The Bertz CT molecular complexity index is 191. The van der Waals surface area contributed by atoms with E-state index in [0.717, 1.165) is 38.7 Å². The second-order valence-corrected chi connectivity index (χ2v) is 4.46. The van der Waals surface area contributed by atoms with E-state index in [1.54, 1.807) is 20.5 Å². The van der Waals surface area contributed by atoms with Gasteiger partial charge in [-0.3, -0.25) is 0 Å². The second-order valence-electron chi connectivity index (χ2n) is 4.46. The zero-order valence-corrected chi connectivity index (χ0v) is 12.7. The first-order chi connectivity index (χ1) is 9.35. The summed E-state index contributed by atoms with van der Waals surface area (Å²) in [7, 11) is 3.34. The lowest BCUT2D eigenvalue weighted by molar-refractivity contribution is -0.107. The minimum absolute atomic E-state index is 0.0725. The summed E-state index contributed by atoms with van der Waals surface area (Å²) in [5.41, 5.74) is 0. The number of allylic oxidation sites excluding steroid dienone is 1. The molecule has 0 rings (SSSR count). The van der Waals surface area contributed by atoms with E-state index in [1.807, 2.05) is 6.08 Å². The quantitative estimate of drug-likeness (QED) is 0.274. The highest BCUT2D eigenvalue weighted by Crippen LogP contribution is 2.07. The Hall–Kier alpha value is -0.580. The molecule has 0 unspecified atom stereocenters. The molecule has 114 valence electrons. The summed E-state index contributed by atoms with van der Waals surface area (Å²) >= 11 is 0. The number of methoxy groups -OCH3 is 2. The highest BCUT2D eigenvalue weighted by molar-refractivity contribution is 4.72. The van der Waals surface area contributed by atoms with Crippen molar-refractivity contribution in [3.05, 3.63) is 12.3 Å². The standard InChI is InChI=1S/C15H30O4/c1-4-5-9-12-18-14-19-13-10-7-6-8-11-15(16-2)17-3/h10,13,15H,4-9,11-12,14H2,1-3H3. The molecule has 4 heteroatoms. The summed E-state index contributed by atoms with van der Waals surface area (Å²) in [6.45, 7) is 3.33. The SMILES string of the molecule is CCCCCOCOC=CCCCCC(OC)OC. The number of hydrogen-bond donors (Lipinski definition) is 0. The van der Waals surface area contributed by atoms with Crippen molar-refractivity contribution in [2.75, 3.05) is 27.6 Å². The van der Waals surface area contributed by atoms with Crippen LogP contribution in [0.1, 0.15) is 51.9 Å². The van der Waals surface area contributed by atoms with E-state index < -0.39 is 0 Å². The molecule has 0 aliphatic rings. The lowest BCUT2D eigenvalue weighted by Crippen LogP contribution is -2.12. The molecule has 0 aliphatic heterocycles. The van der Waals surface area contributed by atoms with Gasteiger partial charge in [-0.15, -0.1) is 0 Å². The topological polar surface area (TPSA) is 36.9 Å². The minimum atomic E-state index is -0.0725. The van der Waals surface area contributed by atoms with Gasteiger partial charge < -0.3 is 18.9 Å². The van der Waals surface area contributed by atoms with Crippen LogP contribution in [0.4, 0.5) is 0 Å². The lowest BCUT2D eigenvalue weighted by Gasteiger charge is -2.12. The molecule has 0 amide bonds. The van der Waals surface area contributed by atoms with E-state index in [9.17, 15) is 0 Å². The zero-order valence-electron chi connectivity index (χ0n) is 12.7. The van der Waals surface area contributed by atoms with Crippen LogP contribution in [0, 0.1) is 0 Å². The Morgan fingerprint density at radius 2 is 1.79 bits per heavy atom. The van der Waals surface area contributed by atoms with Gasteiger partial charge in [-0.2, -0.15) is 0 Å². The van der Waals surface area contributed by atoms with Crippen molar-refractivity contribution in [1.29, 1.82) is 0 Å². The van der Waals surface area contributed by atoms with Crippen LogP contribution in [0.3, 0.4) is 0 Å². The monoisotopic (exact) mass is 274 g/mol. The van der Waals surface area contributed by atoms with Crippen molar-refractivity contribution in [2.45, 2.75) is 58.2 Å². The van der Waals surface area contributed by atoms with Crippen LogP contribution in [0.2, 0.25) is 0 Å². The molecule has 19 heavy (non-hydrogen) atoms. The first-order valence-electron chi connectivity index (χ1n) is 7.25. The second kappa shape index (κ2) is 15.5. The van der Waals surface area contributed by atoms with Gasteiger partial charge in [0.1, 0.15) is 0 Å². The molecular formula is C15H30O4. The van der Waals surface area contributed by atoms with Gasteiger partial charge >= 0.3 is 0 Å². The van der Waals surface area contributed by atoms with Gasteiger partial charge in [-0.05, 0) is 38.2 Å². The van der Waals surface area contributed by atoms with Gasteiger partial charge in [-0.25, -0.2) is 0 Å². The molecule has 0 fully saturated rings. The zero-order chi connectivity index (χ0) is 14.2. The Morgan fingerprint density at radius 3 is 2.47 bits per heavy atom. The summed E-state index contributed by atoms with van der Waals surface area (Å²) in [4.78, 5) is 0. The number of hydrogen-bond acceptors (Lipinski definition) is 4. The van der Waals surface area contributed by atoms with Crippen molar-refractivity contribution in [3.63, 3.8) is 0 Å². The molecule has 0 saturated heterocycles. The van der Waals surface area contributed by atoms with Crippen LogP contribution in [-0.2, 0) is 18.9 Å². The fourth-order valence-electron chi connectivity index (χ4n) is 1.64. The molecule has 4 nitrogen and oxygen atoms in total. The molecule has 0 radical (unpaired) electrons. The maximum absolute atomic E-state index is 5.32. The third-order valence-electron chi connectivity index (χ3n) is 2.82. The number of rotatable bonds is 14. The fourth-order valence-corrected chi connectivity index (χ4v) is 1.64. The molecule has 0 aliphatic carbocycles. The van der Waals surface area contributed by atoms with Crippen LogP contribution in [0.15, 0.2) is 12.3 Å². The first-order valence-corrected chi connectivity index (χ1v) is 7.25. The Balaban J connectivity index is 3.17. The maximum Gasteiger partial charge on any atom is 0.188 e. The third kappa shape index (κ3) is 13.6. The molecule has 0 aromatic carbocycles. The van der Waals surface area contributed by atoms with E-state index in [4.69, 9.17) is 18.9 Å². The van der Waals surface area contributed by atoms with Crippen LogP contribution in [-0.4, -0.2) is 33.9 Å². The fraction of sp³-hybridized carbons (Fsp3) is 0.867. The van der Waals surface area contributed by atoms with Crippen molar-refractivity contribution in [3.8, 4) is 0 Å². The van der Waals surface area contributed by atoms with Crippen LogP contribution in [0.25, 0.3) is 0 Å². The molecule has 0 aromatic heterocycles. The third-order valence-corrected chi connectivity index (χ3v) is 2.82. The first kappa shape index (κ1) is 18.4. The minimum Gasteiger partial charge on any atom is -0.475 e. The maximum atomic E-state index is 5.32. The average molecular weight is 274 g/mol. The van der Waals surface area contributed by atoms with Gasteiger partial charge in [-0.1, -0.05) is 19.8 Å². The molecule has 0 aromatic rings. The van der Waals surface area contributed by atoms with E-state index in [2.05, 4.69) is 6.92 Å². The van der Waals surface area contributed by atoms with E-state index in [0.29, 0.717) is 6.79 Å². The smallest absolute Gasteiger partial charge is 0.188 e. The lowest BCUT2D eigenvalue weighted by atomic mass is 10.2. The molecular weight excluding hydrogens is 244 g/mol. The molecule has 0 bridgehead atoms. The highest BCUT2D eigenvalue weighted by atomic mass is 16.7. The van der Waals surface area contributed by atoms with E-state index in [1.165, 1.54) is 12.8 Å². The van der Waals surface area contributed by atoms with E-state index >= 15 is 0 Å². The Morgan fingerprint density at radius 1 is 1.00 bits per heavy atom. The summed E-state index contributed by atoms with van der Waals surface area (Å²) in [6, 6.07) is 0. The summed E-state index contributed by atoms with van der Waals surface area (Å²) in [5.74, 6) is 0. The molecule has 0 spiro atoms. The summed E-state index contributed by atoms with van der Waals surface area (Å²) < 4.78 is 20.8. The Kier molecular flexibility index (Phi) is 15.0. The highest BCUT2D eigenvalue weighted by Gasteiger charge is 2.02. The van der Waals surface area contributed by atoms with Gasteiger partial charge in [0.25, 0.3) is 0 Å². The van der Waals surface area contributed by atoms with Crippen LogP contribution in [0.5, 0.6) is 0 Å². The molecule has 0 heterocycles. The van der Waals surface area contributed by atoms with Crippen LogP contribution >= 0.6 is 0 Å². The van der Waals surface area contributed by atoms with Crippen molar-refractivity contribution in [1.82, 2.24) is 0 Å². The van der Waals surface area contributed by atoms with Gasteiger partial charge in [0.2, 0.25) is 0 Å². The van der Waals surface area contributed by atoms with Gasteiger partial charge in [0.05, 0.1) is 12.9 Å². The predicted molar refractivity (Wildman–Crippen MR) is 76.8 cm³/mol. The molecule has 0 saturated carbocycles. The van der Waals surface area contributed by atoms with Gasteiger partial charge in [0.15, 0.2) is 13.1 Å². The summed E-state index contributed by atoms with van der Waals surface area (Å²) in [6.07, 6.45) is 11.4. The van der Waals surface area contributed by atoms with Crippen molar-refractivity contribution in [2.24, 2.45) is 0 Å². The van der Waals surface area contributed by atoms with E-state index in [-0.39, 0.29) is 6.29 Å². The van der Waals surface area contributed by atoms with Crippen molar-refractivity contribution >= 4 is 0 Å². The normalized spacial score (nSPS) is 11.6. The van der Waals surface area contributed by atoms with Crippen LogP contribution < -0.4 is 0 Å². The summed E-state index contributed by atoms with van der Waals surface area (Å²) in [5, 5.41) is 0. The molecule has 0 atom stereocenters. The Labute approximate surface area is 118 Å². The predicted octanol–water partition coefficient (Wildman–Crippen LogP) is 3.86. The number of unbranched alkanes of at least 4 members (excludes halogenated alkanes) is 4. The van der Waals surface area contributed by atoms with Crippen molar-refractivity contribution < 1.29 is 18.9 Å².